The molecule has 0 spiro atoms. The van der Waals surface area contributed by atoms with Crippen LogP contribution < -0.4 is 9.62 Å². The Balaban J connectivity index is 1.66. The largest absolute Gasteiger partial charge is 0.370 e. The van der Waals surface area contributed by atoms with Gasteiger partial charge in [-0.2, -0.15) is 0 Å². The highest BCUT2D eigenvalue weighted by Gasteiger charge is 2.24. The first-order valence-corrected chi connectivity index (χ1v) is 12.8. The van der Waals surface area contributed by atoms with Crippen LogP contribution in [-0.4, -0.2) is 70.4 Å². The van der Waals surface area contributed by atoms with Gasteiger partial charge in [-0.25, -0.2) is 8.42 Å². The normalized spacial score (nSPS) is 17.9. The summed E-state index contributed by atoms with van der Waals surface area (Å²) in [6.07, 6.45) is 3.33. The Kier molecular flexibility index (Phi) is 6.71. The van der Waals surface area contributed by atoms with Gasteiger partial charge in [0.1, 0.15) is 0 Å². The highest BCUT2D eigenvalue weighted by atomic mass is 32.2. The predicted molar refractivity (Wildman–Crippen MR) is 128 cm³/mol. The van der Waals surface area contributed by atoms with Crippen molar-refractivity contribution in [3.05, 3.63) is 53.6 Å². The summed E-state index contributed by atoms with van der Waals surface area (Å²) in [6, 6.07) is 12.2. The van der Waals surface area contributed by atoms with E-state index in [4.69, 9.17) is 0 Å². The summed E-state index contributed by atoms with van der Waals surface area (Å²) in [5.41, 5.74) is 2.80. The minimum absolute atomic E-state index is 0.0564. The van der Waals surface area contributed by atoms with Crippen molar-refractivity contribution >= 4 is 27.3 Å². The van der Waals surface area contributed by atoms with Crippen LogP contribution in [0.2, 0.25) is 0 Å². The van der Waals surface area contributed by atoms with Crippen LogP contribution in [0, 0.1) is 6.92 Å². The summed E-state index contributed by atoms with van der Waals surface area (Å²) in [4.78, 5) is 19.6. The molecule has 2 aromatic carbocycles. The monoisotopic (exact) mass is 456 g/mol. The Morgan fingerprint density at radius 1 is 0.875 bits per heavy atom. The second-order valence-corrected chi connectivity index (χ2v) is 10.5. The maximum Gasteiger partial charge on any atom is 0.261 e. The van der Waals surface area contributed by atoms with E-state index in [0.717, 1.165) is 50.3 Å². The molecule has 1 N–H and O–H groups in total. The summed E-state index contributed by atoms with van der Waals surface area (Å²) in [5, 5.41) is 0. The molecule has 172 valence electrons. The van der Waals surface area contributed by atoms with Crippen LogP contribution in [0.3, 0.4) is 0 Å². The number of nitrogens with zero attached hydrogens (tertiary/aromatic N) is 3. The number of hydrogen-bond donors (Lipinski definition) is 1. The number of amides is 1. The number of hydrogen-bond acceptors (Lipinski definition) is 5. The van der Waals surface area contributed by atoms with Gasteiger partial charge in [0.05, 0.1) is 16.3 Å². The zero-order valence-electron chi connectivity index (χ0n) is 18.9. The van der Waals surface area contributed by atoms with Crippen molar-refractivity contribution in [1.82, 2.24) is 9.80 Å². The topological polar surface area (TPSA) is 73.0 Å². The fourth-order valence-electron chi connectivity index (χ4n) is 4.27. The number of carbonyl (C=O) groups is 1. The second-order valence-electron chi connectivity index (χ2n) is 8.79. The van der Waals surface area contributed by atoms with Crippen molar-refractivity contribution in [3.63, 3.8) is 0 Å². The Morgan fingerprint density at radius 3 is 2.19 bits per heavy atom. The molecule has 32 heavy (non-hydrogen) atoms. The third-order valence-corrected chi connectivity index (χ3v) is 7.69. The average molecular weight is 457 g/mol. The number of rotatable bonds is 5. The van der Waals surface area contributed by atoms with Crippen LogP contribution in [0.15, 0.2) is 47.4 Å². The molecular formula is C24H32N4O3S. The van der Waals surface area contributed by atoms with Crippen LogP contribution in [0.1, 0.15) is 35.2 Å². The molecule has 2 aliphatic heterocycles. The molecular weight excluding hydrogens is 424 g/mol. The molecule has 1 amide bonds. The van der Waals surface area contributed by atoms with E-state index in [2.05, 4.69) is 14.5 Å². The van der Waals surface area contributed by atoms with Gasteiger partial charge in [0.25, 0.3) is 15.9 Å². The number of piperidine rings is 1. The van der Waals surface area contributed by atoms with E-state index in [1.54, 1.807) is 30.3 Å². The molecule has 0 radical (unpaired) electrons. The second kappa shape index (κ2) is 9.50. The smallest absolute Gasteiger partial charge is 0.261 e. The minimum Gasteiger partial charge on any atom is -0.370 e. The summed E-state index contributed by atoms with van der Waals surface area (Å²) in [6.45, 7) is 6.71. The highest BCUT2D eigenvalue weighted by molar-refractivity contribution is 7.92. The third-order valence-electron chi connectivity index (χ3n) is 6.31. The molecule has 0 atom stereocenters. The van der Waals surface area contributed by atoms with Gasteiger partial charge >= 0.3 is 0 Å². The lowest BCUT2D eigenvalue weighted by Crippen LogP contribution is -2.47. The maximum atomic E-state index is 13.1. The Bertz CT molecular complexity index is 1060. The number of anilines is 2. The first kappa shape index (κ1) is 22.6. The van der Waals surface area contributed by atoms with Gasteiger partial charge in [0.2, 0.25) is 0 Å². The molecule has 2 aliphatic rings. The first-order valence-electron chi connectivity index (χ1n) is 11.3. The molecule has 0 aromatic heterocycles. The summed E-state index contributed by atoms with van der Waals surface area (Å²) >= 11 is 0. The van der Waals surface area contributed by atoms with Crippen LogP contribution >= 0.6 is 0 Å². The molecule has 0 bridgehead atoms. The van der Waals surface area contributed by atoms with Crippen molar-refractivity contribution in [2.24, 2.45) is 0 Å². The maximum absolute atomic E-state index is 13.1. The lowest BCUT2D eigenvalue weighted by atomic mass is 10.1. The average Bonchev–Trinajstić information content (AvgIpc) is 2.80. The van der Waals surface area contributed by atoms with Gasteiger partial charge in [-0.1, -0.05) is 17.7 Å². The molecule has 0 saturated carbocycles. The van der Waals surface area contributed by atoms with Gasteiger partial charge in [-0.05, 0) is 63.6 Å². The molecule has 2 aromatic rings. The van der Waals surface area contributed by atoms with Crippen LogP contribution in [0.5, 0.6) is 0 Å². The molecule has 7 nitrogen and oxygen atoms in total. The fourth-order valence-corrected chi connectivity index (χ4v) is 5.34. The summed E-state index contributed by atoms with van der Waals surface area (Å²) in [7, 11) is -1.73. The lowest BCUT2D eigenvalue weighted by Gasteiger charge is -2.33. The van der Waals surface area contributed by atoms with Crippen LogP contribution in [-0.2, 0) is 10.0 Å². The summed E-state index contributed by atoms with van der Waals surface area (Å²) < 4.78 is 29.0. The molecule has 2 heterocycles. The number of aryl methyl sites for hydroxylation is 1. The number of benzene rings is 2. The highest BCUT2D eigenvalue weighted by Crippen LogP contribution is 2.32. The Morgan fingerprint density at radius 2 is 1.53 bits per heavy atom. The van der Waals surface area contributed by atoms with E-state index in [-0.39, 0.29) is 10.8 Å². The van der Waals surface area contributed by atoms with Gasteiger partial charge in [0, 0.05) is 44.8 Å². The number of sulfonamides is 1. The molecule has 4 rings (SSSR count). The van der Waals surface area contributed by atoms with Gasteiger partial charge in [-0.15, -0.1) is 0 Å². The third kappa shape index (κ3) is 5.07. The Labute approximate surface area is 191 Å². The zero-order chi connectivity index (χ0) is 22.7. The molecule has 2 saturated heterocycles. The summed E-state index contributed by atoms with van der Waals surface area (Å²) in [5.74, 6) is -0.0564. The van der Waals surface area contributed by atoms with Crippen molar-refractivity contribution < 1.29 is 13.2 Å². The molecule has 0 aliphatic carbocycles. The Hall–Kier alpha value is -2.58. The lowest BCUT2D eigenvalue weighted by molar-refractivity contribution is 0.0664. The van der Waals surface area contributed by atoms with Gasteiger partial charge < -0.3 is 14.7 Å². The minimum atomic E-state index is -3.77. The fraction of sp³-hybridized carbons (Fsp3) is 0.458. The van der Waals surface area contributed by atoms with Crippen molar-refractivity contribution in [3.8, 4) is 0 Å². The van der Waals surface area contributed by atoms with Crippen molar-refractivity contribution in [2.45, 2.75) is 31.1 Å². The number of nitrogens with one attached hydrogen (secondary N) is 1. The van der Waals surface area contributed by atoms with E-state index in [1.165, 1.54) is 6.42 Å². The van der Waals surface area contributed by atoms with E-state index >= 15 is 0 Å². The van der Waals surface area contributed by atoms with Gasteiger partial charge in [-0.3, -0.25) is 9.52 Å². The van der Waals surface area contributed by atoms with E-state index in [9.17, 15) is 13.2 Å². The molecule has 2 fully saturated rings. The van der Waals surface area contributed by atoms with Crippen molar-refractivity contribution in [2.75, 3.05) is 55.9 Å². The van der Waals surface area contributed by atoms with Crippen LogP contribution in [0.4, 0.5) is 11.4 Å². The van der Waals surface area contributed by atoms with Crippen molar-refractivity contribution in [1.29, 1.82) is 0 Å². The quantitative estimate of drug-likeness (QED) is 0.748. The number of likely N-dealkylation sites (N-methyl/N-ethyl adjacent to an activating group) is 1. The van der Waals surface area contributed by atoms with Crippen LogP contribution in [0.25, 0.3) is 0 Å². The standard InChI is InChI=1S/C24H32N4O3S/c1-19-6-9-21(10-7-19)32(30,31)25-22-18-20(24(29)28-16-14-26(2)15-17-28)8-11-23(22)27-12-4-3-5-13-27/h6-11,18,25H,3-5,12-17H2,1-2H3. The first-order chi connectivity index (χ1) is 15.3. The molecule has 0 unspecified atom stereocenters. The van der Waals surface area contributed by atoms with E-state index in [0.29, 0.717) is 24.3 Å². The number of carbonyl (C=O) groups excluding carboxylic acids is 1. The van der Waals surface area contributed by atoms with Gasteiger partial charge in [0.15, 0.2) is 0 Å². The predicted octanol–water partition coefficient (Wildman–Crippen LogP) is 3.17. The zero-order valence-corrected chi connectivity index (χ0v) is 19.7. The number of piperazine rings is 1. The SMILES string of the molecule is Cc1ccc(S(=O)(=O)Nc2cc(C(=O)N3CCN(C)CC3)ccc2N2CCCCC2)cc1. The molecule has 8 heteroatoms. The van der Waals surface area contributed by atoms with E-state index < -0.39 is 10.0 Å². The van der Waals surface area contributed by atoms with E-state index in [1.807, 2.05) is 31.0 Å².